The Hall–Kier alpha value is -2.87. The van der Waals surface area contributed by atoms with Crippen molar-refractivity contribution in [3.8, 4) is 17.2 Å². The lowest BCUT2D eigenvalue weighted by Gasteiger charge is -2.14. The van der Waals surface area contributed by atoms with Crippen LogP contribution in [0.15, 0.2) is 23.6 Å². The Bertz CT molecular complexity index is 943. The minimum atomic E-state index is -0.234. The van der Waals surface area contributed by atoms with Gasteiger partial charge in [-0.3, -0.25) is 4.79 Å². The Morgan fingerprint density at radius 1 is 1.04 bits per heavy atom. The van der Waals surface area contributed by atoms with Crippen molar-refractivity contribution in [3.05, 3.63) is 34.8 Å². The van der Waals surface area contributed by atoms with Gasteiger partial charge < -0.3 is 19.1 Å². The van der Waals surface area contributed by atoms with Gasteiger partial charge in [-0.05, 0) is 23.6 Å². The summed E-state index contributed by atoms with van der Waals surface area (Å²) in [4.78, 5) is 23.9. The lowest BCUT2D eigenvalue weighted by Crippen LogP contribution is -2.15. The van der Waals surface area contributed by atoms with Crippen LogP contribution in [-0.2, 0) is 0 Å². The number of ether oxygens (including phenoxy) is 3. The molecule has 26 heavy (non-hydrogen) atoms. The molecular formula is C18H19N3O4S. The number of anilines is 1. The van der Waals surface area contributed by atoms with Crippen LogP contribution in [0.4, 0.5) is 5.95 Å². The van der Waals surface area contributed by atoms with E-state index in [4.69, 9.17) is 14.2 Å². The third-order valence-electron chi connectivity index (χ3n) is 3.83. The van der Waals surface area contributed by atoms with Crippen LogP contribution in [0.3, 0.4) is 0 Å². The Kier molecular flexibility index (Phi) is 4.94. The molecule has 0 unspecified atom stereocenters. The maximum absolute atomic E-state index is 13.2. The highest BCUT2D eigenvalue weighted by Gasteiger charge is 2.22. The van der Waals surface area contributed by atoms with Crippen LogP contribution in [0.5, 0.6) is 17.2 Å². The molecule has 0 aliphatic rings. The van der Waals surface area contributed by atoms with Crippen molar-refractivity contribution in [2.75, 3.05) is 40.3 Å². The van der Waals surface area contributed by atoms with E-state index < -0.39 is 0 Å². The van der Waals surface area contributed by atoms with Crippen molar-refractivity contribution < 1.29 is 19.0 Å². The summed E-state index contributed by atoms with van der Waals surface area (Å²) in [6.45, 7) is 0. The van der Waals surface area contributed by atoms with Gasteiger partial charge in [0.2, 0.25) is 17.5 Å². The molecule has 0 radical (unpaired) electrons. The minimum Gasteiger partial charge on any atom is -0.493 e. The number of aromatic nitrogens is 2. The van der Waals surface area contributed by atoms with Crippen molar-refractivity contribution in [2.24, 2.45) is 0 Å². The number of thiophene rings is 1. The topological polar surface area (TPSA) is 73.8 Å². The second-order valence-corrected chi connectivity index (χ2v) is 6.56. The summed E-state index contributed by atoms with van der Waals surface area (Å²) in [5.41, 5.74) is 1.49. The largest absolute Gasteiger partial charge is 0.493 e. The maximum Gasteiger partial charge on any atom is 0.226 e. The first-order chi connectivity index (χ1) is 12.5. The third kappa shape index (κ3) is 3.03. The van der Waals surface area contributed by atoms with E-state index in [0.717, 1.165) is 10.2 Å². The Morgan fingerprint density at radius 2 is 1.69 bits per heavy atom. The Labute approximate surface area is 155 Å². The zero-order chi connectivity index (χ0) is 18.8. The molecular weight excluding hydrogens is 354 g/mol. The van der Waals surface area contributed by atoms with E-state index in [2.05, 4.69) is 9.97 Å². The first-order valence-electron chi connectivity index (χ1n) is 7.77. The first kappa shape index (κ1) is 17.9. The zero-order valence-electron chi connectivity index (χ0n) is 15.2. The van der Waals surface area contributed by atoms with Crippen molar-refractivity contribution >= 4 is 33.3 Å². The highest BCUT2D eigenvalue weighted by atomic mass is 32.1. The fourth-order valence-electron chi connectivity index (χ4n) is 2.55. The number of carbonyl (C=O) groups is 1. The van der Waals surface area contributed by atoms with Gasteiger partial charge in [-0.1, -0.05) is 0 Å². The second kappa shape index (κ2) is 7.17. The number of methoxy groups -OCH3 is 3. The van der Waals surface area contributed by atoms with Gasteiger partial charge in [0.25, 0.3) is 0 Å². The summed E-state index contributed by atoms with van der Waals surface area (Å²) in [6, 6.07) is 5.13. The molecule has 0 amide bonds. The molecule has 0 spiro atoms. The third-order valence-corrected chi connectivity index (χ3v) is 4.74. The maximum atomic E-state index is 13.2. The quantitative estimate of drug-likeness (QED) is 0.615. The first-order valence-corrected chi connectivity index (χ1v) is 8.65. The van der Waals surface area contributed by atoms with Gasteiger partial charge in [0.1, 0.15) is 5.69 Å². The number of hydrogen-bond acceptors (Lipinski definition) is 8. The average Bonchev–Trinajstić information content (AvgIpc) is 3.13. The van der Waals surface area contributed by atoms with Gasteiger partial charge in [0.15, 0.2) is 11.5 Å². The molecule has 0 fully saturated rings. The highest BCUT2D eigenvalue weighted by molar-refractivity contribution is 7.17. The van der Waals surface area contributed by atoms with Crippen molar-refractivity contribution in [1.29, 1.82) is 0 Å². The molecule has 0 aliphatic heterocycles. The van der Waals surface area contributed by atoms with Crippen LogP contribution in [0.2, 0.25) is 0 Å². The predicted octanol–water partition coefficient (Wildman–Crippen LogP) is 3.01. The lowest BCUT2D eigenvalue weighted by molar-refractivity contribution is 0.103. The van der Waals surface area contributed by atoms with Crippen LogP contribution in [-0.4, -0.2) is 51.2 Å². The van der Waals surface area contributed by atoms with E-state index in [1.165, 1.54) is 32.7 Å². The molecule has 0 saturated heterocycles. The van der Waals surface area contributed by atoms with Gasteiger partial charge in [0.05, 0.1) is 31.5 Å². The summed E-state index contributed by atoms with van der Waals surface area (Å²) < 4.78 is 16.7. The van der Waals surface area contributed by atoms with Crippen molar-refractivity contribution in [3.63, 3.8) is 0 Å². The molecule has 2 heterocycles. The molecule has 1 aromatic carbocycles. The van der Waals surface area contributed by atoms with E-state index in [1.807, 2.05) is 25.5 Å². The zero-order valence-corrected chi connectivity index (χ0v) is 16.0. The van der Waals surface area contributed by atoms with Gasteiger partial charge in [-0.15, -0.1) is 11.3 Å². The van der Waals surface area contributed by atoms with E-state index in [-0.39, 0.29) is 5.78 Å². The van der Waals surface area contributed by atoms with Crippen molar-refractivity contribution in [1.82, 2.24) is 9.97 Å². The fourth-order valence-corrected chi connectivity index (χ4v) is 3.37. The molecule has 8 heteroatoms. The molecule has 7 nitrogen and oxygen atoms in total. The smallest absolute Gasteiger partial charge is 0.226 e. The second-order valence-electron chi connectivity index (χ2n) is 5.64. The van der Waals surface area contributed by atoms with E-state index >= 15 is 0 Å². The van der Waals surface area contributed by atoms with E-state index in [0.29, 0.717) is 34.5 Å². The monoisotopic (exact) mass is 373 g/mol. The predicted molar refractivity (Wildman–Crippen MR) is 101 cm³/mol. The minimum absolute atomic E-state index is 0.234. The molecule has 0 atom stereocenters. The Morgan fingerprint density at radius 3 is 2.23 bits per heavy atom. The van der Waals surface area contributed by atoms with E-state index in [9.17, 15) is 4.79 Å². The molecule has 0 saturated carbocycles. The molecule has 3 aromatic rings. The molecule has 3 rings (SSSR count). The number of benzene rings is 1. The lowest BCUT2D eigenvalue weighted by atomic mass is 10.1. The van der Waals surface area contributed by atoms with Gasteiger partial charge in [-0.2, -0.15) is 0 Å². The molecule has 0 N–H and O–H groups in total. The van der Waals surface area contributed by atoms with Crippen LogP contribution in [0.25, 0.3) is 10.2 Å². The van der Waals surface area contributed by atoms with Crippen LogP contribution in [0.1, 0.15) is 16.1 Å². The normalized spacial score (nSPS) is 10.7. The molecule has 136 valence electrons. The number of fused-ring (bicyclic) bond motifs is 1. The highest BCUT2D eigenvalue weighted by Crippen LogP contribution is 2.39. The summed E-state index contributed by atoms with van der Waals surface area (Å²) in [7, 11) is 8.21. The number of carbonyl (C=O) groups excluding carboxylic acids is 1. The van der Waals surface area contributed by atoms with Gasteiger partial charge >= 0.3 is 0 Å². The summed E-state index contributed by atoms with van der Waals surface area (Å²) in [5.74, 6) is 1.51. The number of ketones is 1. The summed E-state index contributed by atoms with van der Waals surface area (Å²) in [6.07, 6.45) is 0. The standard InChI is InChI=1S/C18H19N3O4S/c1-21(2)18-19-11-6-7-26-17(11)14(20-18)15(22)10-8-12(23-3)16(25-5)13(9-10)24-4/h6-9H,1-5H3. The van der Waals surface area contributed by atoms with Gasteiger partial charge in [0, 0.05) is 19.7 Å². The average molecular weight is 373 g/mol. The van der Waals surface area contributed by atoms with Crippen LogP contribution < -0.4 is 19.1 Å². The molecule has 0 aliphatic carbocycles. The molecule has 2 aromatic heterocycles. The Balaban J connectivity index is 2.18. The number of rotatable bonds is 6. The van der Waals surface area contributed by atoms with Crippen molar-refractivity contribution in [2.45, 2.75) is 0 Å². The number of nitrogens with zero attached hydrogens (tertiary/aromatic N) is 3. The van der Waals surface area contributed by atoms with Crippen LogP contribution in [0, 0.1) is 0 Å². The fraction of sp³-hybridized carbons (Fsp3) is 0.278. The number of hydrogen-bond donors (Lipinski definition) is 0. The molecule has 0 bridgehead atoms. The SMILES string of the molecule is COc1cc(C(=O)c2nc(N(C)C)nc3ccsc23)cc(OC)c1OC. The van der Waals surface area contributed by atoms with Crippen LogP contribution >= 0.6 is 11.3 Å². The summed E-state index contributed by atoms with van der Waals surface area (Å²) >= 11 is 1.43. The van der Waals surface area contributed by atoms with Gasteiger partial charge in [-0.25, -0.2) is 9.97 Å². The summed E-state index contributed by atoms with van der Waals surface area (Å²) in [5, 5.41) is 1.89. The van der Waals surface area contributed by atoms with E-state index in [1.54, 1.807) is 17.0 Å².